The van der Waals surface area contributed by atoms with Crippen LogP contribution in [0.25, 0.3) is 44.7 Å². The fourth-order valence-corrected chi connectivity index (χ4v) is 7.28. The Kier molecular flexibility index (Phi) is 9.29. The van der Waals surface area contributed by atoms with Gasteiger partial charge in [0.2, 0.25) is 0 Å². The SMILES string of the molecule is O=C(N[C@@H](Cc1ccc(C(=O)c2ccccc2)cc1)C(=O)O)c1ccc2c(c1)nc(-c1ccc3nc(-c4ccccc4)cnc3c1)n2C1CCCCC1. The molecule has 1 fully saturated rings. The second kappa shape index (κ2) is 14.6. The van der Waals surface area contributed by atoms with Crippen molar-refractivity contribution in [2.45, 2.75) is 50.6 Å². The lowest BCUT2D eigenvalue weighted by Crippen LogP contribution is -2.42. The van der Waals surface area contributed by atoms with Crippen molar-refractivity contribution in [2.24, 2.45) is 0 Å². The number of rotatable bonds is 10. The highest BCUT2D eigenvalue weighted by atomic mass is 16.4. The molecule has 2 heterocycles. The Morgan fingerprint density at radius 2 is 1.40 bits per heavy atom. The van der Waals surface area contributed by atoms with Gasteiger partial charge in [0.1, 0.15) is 11.9 Å². The predicted octanol–water partition coefficient (Wildman–Crippen LogP) is 8.48. The van der Waals surface area contributed by atoms with Gasteiger partial charge < -0.3 is 15.0 Å². The number of hydrogen-bond acceptors (Lipinski definition) is 6. The van der Waals surface area contributed by atoms with Crippen molar-refractivity contribution in [2.75, 3.05) is 0 Å². The highest BCUT2D eigenvalue weighted by Crippen LogP contribution is 2.37. The van der Waals surface area contributed by atoms with Crippen LogP contribution in [-0.2, 0) is 11.2 Å². The van der Waals surface area contributed by atoms with E-state index in [1.807, 2.05) is 72.8 Å². The Labute approximate surface area is 306 Å². The van der Waals surface area contributed by atoms with E-state index in [1.165, 1.54) is 6.42 Å². The fourth-order valence-electron chi connectivity index (χ4n) is 7.28. The molecule has 7 aromatic rings. The summed E-state index contributed by atoms with van der Waals surface area (Å²) in [6.07, 6.45) is 7.41. The molecule has 1 atom stereocenters. The minimum absolute atomic E-state index is 0.0568. The van der Waals surface area contributed by atoms with Crippen molar-refractivity contribution in [3.63, 3.8) is 0 Å². The number of carboxylic acid groups (broad SMARTS) is 1. The van der Waals surface area contributed by atoms with Gasteiger partial charge in [0.15, 0.2) is 5.78 Å². The molecule has 1 aliphatic rings. The largest absolute Gasteiger partial charge is 0.480 e. The van der Waals surface area contributed by atoms with Crippen LogP contribution in [0.4, 0.5) is 0 Å². The first-order valence-corrected chi connectivity index (χ1v) is 18.0. The molecule has 1 saturated carbocycles. The summed E-state index contributed by atoms with van der Waals surface area (Å²) in [5.74, 6) is -0.962. The van der Waals surface area contributed by atoms with Gasteiger partial charge in [0, 0.05) is 40.3 Å². The molecule has 0 spiro atoms. The highest BCUT2D eigenvalue weighted by Gasteiger charge is 2.25. The van der Waals surface area contributed by atoms with E-state index >= 15 is 0 Å². The van der Waals surface area contributed by atoms with E-state index in [-0.39, 0.29) is 18.2 Å². The van der Waals surface area contributed by atoms with Crippen molar-refractivity contribution < 1.29 is 19.5 Å². The number of carboxylic acids is 1. The standard InChI is InChI=1S/C44H37N5O4/c50-41(30-12-6-2-7-13-30)31-18-16-28(17-19-31)24-38(44(52)53)48-43(51)33-21-23-40-37(26-33)47-42(49(40)34-14-8-3-9-15-34)32-20-22-35-36(25-32)45-27-39(46-35)29-10-4-1-5-11-29/h1-2,4-7,10-13,16-23,25-27,34,38H,3,8-9,14-15,24H2,(H,48,51)(H,52,53)/t38-/m0/s1. The van der Waals surface area contributed by atoms with Crippen LogP contribution in [0.15, 0.2) is 128 Å². The monoisotopic (exact) mass is 699 g/mol. The number of fused-ring (bicyclic) bond motifs is 2. The number of carbonyl (C=O) groups excluding carboxylic acids is 2. The molecule has 0 radical (unpaired) electrons. The number of benzene rings is 5. The number of carbonyl (C=O) groups is 3. The maximum atomic E-state index is 13.6. The minimum atomic E-state index is -1.18. The van der Waals surface area contributed by atoms with E-state index in [0.717, 1.165) is 64.9 Å². The third kappa shape index (κ3) is 7.06. The van der Waals surface area contributed by atoms with Crippen LogP contribution in [0, 0.1) is 0 Å². The van der Waals surface area contributed by atoms with Crippen molar-refractivity contribution in [3.05, 3.63) is 150 Å². The molecule has 53 heavy (non-hydrogen) atoms. The van der Waals surface area contributed by atoms with Gasteiger partial charge in [-0.25, -0.2) is 14.8 Å². The van der Waals surface area contributed by atoms with Crippen molar-refractivity contribution in [1.29, 1.82) is 0 Å². The zero-order valence-corrected chi connectivity index (χ0v) is 29.0. The van der Waals surface area contributed by atoms with Crippen LogP contribution >= 0.6 is 0 Å². The molecule has 0 bridgehead atoms. The molecular weight excluding hydrogens is 663 g/mol. The molecule has 1 aliphatic carbocycles. The molecule has 9 heteroatoms. The summed E-state index contributed by atoms with van der Waals surface area (Å²) >= 11 is 0. The molecule has 2 N–H and O–H groups in total. The van der Waals surface area contributed by atoms with E-state index in [9.17, 15) is 19.5 Å². The lowest BCUT2D eigenvalue weighted by molar-refractivity contribution is -0.139. The number of imidazole rings is 1. The average Bonchev–Trinajstić information content (AvgIpc) is 3.60. The van der Waals surface area contributed by atoms with Crippen LogP contribution in [0.3, 0.4) is 0 Å². The summed E-state index contributed by atoms with van der Waals surface area (Å²) < 4.78 is 2.30. The second-order valence-corrected chi connectivity index (χ2v) is 13.6. The summed E-state index contributed by atoms with van der Waals surface area (Å²) in [5.41, 5.74) is 7.96. The van der Waals surface area contributed by atoms with Crippen LogP contribution < -0.4 is 5.32 Å². The molecular formula is C44H37N5O4. The summed E-state index contributed by atoms with van der Waals surface area (Å²) in [4.78, 5) is 53.4. The minimum Gasteiger partial charge on any atom is -0.480 e. The van der Waals surface area contributed by atoms with E-state index in [1.54, 1.807) is 54.7 Å². The summed E-state index contributed by atoms with van der Waals surface area (Å²) in [6, 6.07) is 36.3. The normalized spacial score (nSPS) is 13.9. The molecule has 2 aromatic heterocycles. The summed E-state index contributed by atoms with van der Waals surface area (Å²) in [7, 11) is 0. The van der Waals surface area contributed by atoms with E-state index < -0.39 is 17.9 Å². The van der Waals surface area contributed by atoms with Crippen LogP contribution in [0.5, 0.6) is 0 Å². The van der Waals surface area contributed by atoms with Crippen LogP contribution in [0.1, 0.15) is 70.0 Å². The van der Waals surface area contributed by atoms with Gasteiger partial charge in [0.05, 0.1) is 34.0 Å². The molecule has 0 aliphatic heterocycles. The van der Waals surface area contributed by atoms with Crippen molar-refractivity contribution >= 4 is 39.7 Å². The van der Waals surface area contributed by atoms with Crippen molar-refractivity contribution in [3.8, 4) is 22.6 Å². The zero-order valence-electron chi connectivity index (χ0n) is 29.0. The first-order chi connectivity index (χ1) is 25.9. The maximum Gasteiger partial charge on any atom is 0.326 e. The fraction of sp³-hybridized carbons (Fsp3) is 0.182. The molecule has 8 rings (SSSR count). The molecule has 0 unspecified atom stereocenters. The number of nitrogens with one attached hydrogen (secondary N) is 1. The quantitative estimate of drug-likeness (QED) is 0.137. The van der Waals surface area contributed by atoms with Crippen molar-refractivity contribution in [1.82, 2.24) is 24.8 Å². The first-order valence-electron chi connectivity index (χ1n) is 18.0. The van der Waals surface area contributed by atoms with Gasteiger partial charge in [0.25, 0.3) is 5.91 Å². The van der Waals surface area contributed by atoms with Crippen LogP contribution in [0.2, 0.25) is 0 Å². The highest BCUT2D eigenvalue weighted by molar-refractivity contribution is 6.09. The van der Waals surface area contributed by atoms with E-state index in [4.69, 9.17) is 15.0 Å². The number of aliphatic carboxylic acids is 1. The number of nitrogens with zero attached hydrogens (tertiary/aromatic N) is 4. The Balaban J connectivity index is 1.06. The first kappa shape index (κ1) is 33.7. The Morgan fingerprint density at radius 3 is 2.13 bits per heavy atom. The number of ketones is 1. The molecule has 262 valence electrons. The van der Waals surface area contributed by atoms with Crippen LogP contribution in [-0.4, -0.2) is 48.3 Å². The van der Waals surface area contributed by atoms with E-state index in [2.05, 4.69) is 9.88 Å². The van der Waals surface area contributed by atoms with Gasteiger partial charge in [-0.3, -0.25) is 14.6 Å². The molecule has 1 amide bonds. The third-order valence-electron chi connectivity index (χ3n) is 10.1. The number of aromatic nitrogens is 4. The third-order valence-corrected chi connectivity index (χ3v) is 10.1. The van der Waals surface area contributed by atoms with E-state index in [0.29, 0.717) is 27.8 Å². The average molecular weight is 700 g/mol. The smallest absolute Gasteiger partial charge is 0.326 e. The Bertz CT molecular complexity index is 2450. The molecule has 5 aromatic carbocycles. The van der Waals surface area contributed by atoms with Gasteiger partial charge in [-0.1, -0.05) is 104 Å². The topological polar surface area (TPSA) is 127 Å². The Morgan fingerprint density at radius 1 is 0.698 bits per heavy atom. The zero-order chi connectivity index (χ0) is 36.3. The lowest BCUT2D eigenvalue weighted by Gasteiger charge is -2.25. The molecule has 0 saturated heterocycles. The summed E-state index contributed by atoms with van der Waals surface area (Å²) in [5, 5.41) is 12.8. The number of amides is 1. The second-order valence-electron chi connectivity index (χ2n) is 13.6. The lowest BCUT2D eigenvalue weighted by atomic mass is 9.94. The Hall–Kier alpha value is -6.48. The van der Waals surface area contributed by atoms with Gasteiger partial charge in [-0.05, 0) is 54.8 Å². The molecule has 9 nitrogen and oxygen atoms in total. The van der Waals surface area contributed by atoms with Gasteiger partial charge >= 0.3 is 5.97 Å². The predicted molar refractivity (Wildman–Crippen MR) is 205 cm³/mol. The maximum absolute atomic E-state index is 13.6. The summed E-state index contributed by atoms with van der Waals surface area (Å²) in [6.45, 7) is 0. The number of hydrogen-bond donors (Lipinski definition) is 2. The van der Waals surface area contributed by atoms with Gasteiger partial charge in [-0.2, -0.15) is 0 Å². The van der Waals surface area contributed by atoms with Gasteiger partial charge in [-0.15, -0.1) is 0 Å².